The number of nitrogens with zero attached hydrogens (tertiary/aromatic N) is 3. The summed E-state index contributed by atoms with van der Waals surface area (Å²) in [7, 11) is -4.23. The predicted molar refractivity (Wildman–Crippen MR) is 110 cm³/mol. The van der Waals surface area contributed by atoms with E-state index in [1.807, 2.05) is 0 Å². The first-order chi connectivity index (χ1) is 14.5. The van der Waals surface area contributed by atoms with Crippen molar-refractivity contribution in [1.82, 2.24) is 14.1 Å². The van der Waals surface area contributed by atoms with Crippen molar-refractivity contribution in [2.75, 3.05) is 45.8 Å². The maximum atomic E-state index is 13.0. The van der Waals surface area contributed by atoms with E-state index in [1.165, 1.54) is 0 Å². The lowest BCUT2D eigenvalue weighted by Gasteiger charge is -2.38. The summed E-state index contributed by atoms with van der Waals surface area (Å²) in [6.45, 7) is 2.38. The van der Waals surface area contributed by atoms with E-state index in [4.69, 9.17) is 18.0 Å². The van der Waals surface area contributed by atoms with Gasteiger partial charge in [-0.2, -0.15) is 17.5 Å². The SMILES string of the molecule is C#CCN1CCC(C(=O)N2CCN(S(=O)(=O)c3cc(C(F)(F)F)ccc3Cl)CC2)CC1. The van der Waals surface area contributed by atoms with E-state index in [0.717, 1.165) is 29.5 Å². The Morgan fingerprint density at radius 1 is 1.13 bits per heavy atom. The zero-order chi connectivity index (χ0) is 22.8. The number of hydrogen-bond donors (Lipinski definition) is 0. The van der Waals surface area contributed by atoms with Gasteiger partial charge in [0.25, 0.3) is 0 Å². The molecule has 1 amide bonds. The van der Waals surface area contributed by atoms with Gasteiger partial charge in [0.15, 0.2) is 0 Å². The molecule has 2 fully saturated rings. The zero-order valence-electron chi connectivity index (χ0n) is 16.7. The lowest BCUT2D eigenvalue weighted by Crippen LogP contribution is -2.52. The molecule has 0 spiro atoms. The van der Waals surface area contributed by atoms with Crippen LogP contribution in [0.5, 0.6) is 0 Å². The number of sulfonamides is 1. The predicted octanol–water partition coefficient (Wildman–Crippen LogP) is 2.54. The molecule has 11 heteroatoms. The normalized spacial score (nSPS) is 19.9. The van der Waals surface area contributed by atoms with E-state index >= 15 is 0 Å². The second kappa shape index (κ2) is 9.36. The van der Waals surface area contributed by atoms with E-state index in [1.54, 1.807) is 4.90 Å². The highest BCUT2D eigenvalue weighted by molar-refractivity contribution is 7.89. The Morgan fingerprint density at radius 3 is 2.29 bits per heavy atom. The number of piperazine rings is 1. The number of carbonyl (C=O) groups excluding carboxylic acids is 1. The van der Waals surface area contributed by atoms with Gasteiger partial charge in [0, 0.05) is 32.1 Å². The highest BCUT2D eigenvalue weighted by Crippen LogP contribution is 2.34. The number of alkyl halides is 3. The number of benzene rings is 1. The molecule has 2 saturated heterocycles. The Labute approximate surface area is 185 Å². The van der Waals surface area contributed by atoms with Crippen molar-refractivity contribution in [2.24, 2.45) is 5.92 Å². The summed E-state index contributed by atoms with van der Waals surface area (Å²) in [6.07, 6.45) is 2.02. The Balaban J connectivity index is 1.64. The molecule has 31 heavy (non-hydrogen) atoms. The van der Waals surface area contributed by atoms with Crippen molar-refractivity contribution in [3.63, 3.8) is 0 Å². The molecular formula is C20H23ClF3N3O3S. The molecule has 1 aromatic carbocycles. The average Bonchev–Trinajstić information content (AvgIpc) is 2.73. The van der Waals surface area contributed by atoms with Crippen LogP contribution in [0.25, 0.3) is 0 Å². The molecule has 1 aromatic rings. The standard InChI is InChI=1S/C20H23ClF3N3O3S/c1-2-7-25-8-5-15(6-9-25)19(28)26-10-12-27(13-11-26)31(29,30)18-14-16(20(22,23)24)3-4-17(18)21/h1,3-4,14-15H,5-13H2. The monoisotopic (exact) mass is 477 g/mol. The molecule has 0 aromatic heterocycles. The Hall–Kier alpha value is -1.80. The first kappa shape index (κ1) is 23.9. The van der Waals surface area contributed by atoms with E-state index in [0.29, 0.717) is 25.5 Å². The molecule has 0 N–H and O–H groups in total. The van der Waals surface area contributed by atoms with Gasteiger partial charge < -0.3 is 4.90 Å². The highest BCUT2D eigenvalue weighted by Gasteiger charge is 2.37. The summed E-state index contributed by atoms with van der Waals surface area (Å²) in [5, 5.41) is -0.273. The van der Waals surface area contributed by atoms with Crippen LogP contribution >= 0.6 is 11.6 Å². The van der Waals surface area contributed by atoms with Gasteiger partial charge in [-0.05, 0) is 44.1 Å². The van der Waals surface area contributed by atoms with Crippen LogP contribution in [0.2, 0.25) is 5.02 Å². The van der Waals surface area contributed by atoms with Crippen LogP contribution in [0.3, 0.4) is 0 Å². The quantitative estimate of drug-likeness (QED) is 0.625. The summed E-state index contributed by atoms with van der Waals surface area (Å²) >= 11 is 5.91. The van der Waals surface area contributed by atoms with Gasteiger partial charge in [-0.15, -0.1) is 6.42 Å². The van der Waals surface area contributed by atoms with Gasteiger partial charge in [0.2, 0.25) is 15.9 Å². The van der Waals surface area contributed by atoms with Crippen molar-refractivity contribution >= 4 is 27.5 Å². The lowest BCUT2D eigenvalue weighted by molar-refractivity contribution is -0.138. The van der Waals surface area contributed by atoms with Crippen molar-refractivity contribution in [1.29, 1.82) is 0 Å². The fourth-order valence-corrected chi connectivity index (χ4v) is 5.81. The van der Waals surface area contributed by atoms with Crippen LogP contribution in [0.15, 0.2) is 23.1 Å². The number of carbonyl (C=O) groups is 1. The molecule has 0 saturated carbocycles. The fraction of sp³-hybridized carbons (Fsp3) is 0.550. The number of piperidine rings is 1. The summed E-state index contributed by atoms with van der Waals surface area (Å²) in [5.41, 5.74) is -1.08. The van der Waals surface area contributed by atoms with Crippen LogP contribution in [-0.2, 0) is 21.0 Å². The van der Waals surface area contributed by atoms with Gasteiger partial charge in [0.05, 0.1) is 17.1 Å². The topological polar surface area (TPSA) is 60.9 Å². The van der Waals surface area contributed by atoms with Crippen molar-refractivity contribution in [3.8, 4) is 12.3 Å². The molecule has 170 valence electrons. The number of terminal acetylenes is 1. The molecule has 0 atom stereocenters. The zero-order valence-corrected chi connectivity index (χ0v) is 18.3. The third-order valence-corrected chi connectivity index (χ3v) is 8.06. The minimum absolute atomic E-state index is 0.00339. The van der Waals surface area contributed by atoms with Crippen LogP contribution in [0.1, 0.15) is 18.4 Å². The van der Waals surface area contributed by atoms with Gasteiger partial charge in [-0.25, -0.2) is 8.42 Å². The van der Waals surface area contributed by atoms with Gasteiger partial charge in [0.1, 0.15) is 4.90 Å². The van der Waals surface area contributed by atoms with Crippen LogP contribution in [-0.4, -0.2) is 74.2 Å². The minimum Gasteiger partial charge on any atom is -0.340 e. The van der Waals surface area contributed by atoms with Gasteiger partial charge >= 0.3 is 6.18 Å². The molecule has 2 heterocycles. The molecule has 3 rings (SSSR count). The molecule has 0 radical (unpaired) electrons. The summed E-state index contributed by atoms with van der Waals surface area (Å²) in [4.78, 5) is 16.0. The van der Waals surface area contributed by atoms with E-state index in [9.17, 15) is 26.4 Å². The number of halogens is 4. The smallest absolute Gasteiger partial charge is 0.340 e. The molecule has 6 nitrogen and oxygen atoms in total. The van der Waals surface area contributed by atoms with Crippen LogP contribution < -0.4 is 0 Å². The van der Waals surface area contributed by atoms with Crippen LogP contribution in [0, 0.1) is 18.3 Å². The number of hydrogen-bond acceptors (Lipinski definition) is 4. The third kappa shape index (κ3) is 5.34. The number of rotatable bonds is 4. The Bertz CT molecular complexity index is 962. The molecule has 2 aliphatic rings. The van der Waals surface area contributed by atoms with Crippen molar-refractivity contribution < 1.29 is 26.4 Å². The summed E-state index contributed by atoms with van der Waals surface area (Å²) in [6, 6.07) is 2.23. The molecule has 0 bridgehead atoms. The maximum Gasteiger partial charge on any atom is 0.416 e. The van der Waals surface area contributed by atoms with Crippen molar-refractivity contribution in [3.05, 3.63) is 28.8 Å². The first-order valence-electron chi connectivity index (χ1n) is 9.85. The Morgan fingerprint density at radius 2 is 1.74 bits per heavy atom. The van der Waals surface area contributed by atoms with E-state index in [2.05, 4.69) is 10.8 Å². The number of likely N-dealkylation sites (tertiary alicyclic amines) is 1. The lowest BCUT2D eigenvalue weighted by atomic mass is 9.95. The minimum atomic E-state index is -4.68. The van der Waals surface area contributed by atoms with Gasteiger partial charge in [-0.1, -0.05) is 17.5 Å². The summed E-state index contributed by atoms with van der Waals surface area (Å²) in [5.74, 6) is 2.44. The first-order valence-corrected chi connectivity index (χ1v) is 11.7. The fourth-order valence-electron chi connectivity index (χ4n) is 3.89. The third-order valence-electron chi connectivity index (χ3n) is 5.68. The maximum absolute atomic E-state index is 13.0. The average molecular weight is 478 g/mol. The molecule has 0 aliphatic carbocycles. The number of amides is 1. The molecule has 0 unspecified atom stereocenters. The molecule has 2 aliphatic heterocycles. The van der Waals surface area contributed by atoms with Gasteiger partial charge in [-0.3, -0.25) is 9.69 Å². The van der Waals surface area contributed by atoms with E-state index < -0.39 is 26.7 Å². The second-order valence-electron chi connectivity index (χ2n) is 7.63. The highest BCUT2D eigenvalue weighted by atomic mass is 35.5. The Kier molecular flexibility index (Phi) is 7.21. The summed E-state index contributed by atoms with van der Waals surface area (Å²) < 4.78 is 65.9. The van der Waals surface area contributed by atoms with Crippen LogP contribution in [0.4, 0.5) is 13.2 Å². The second-order valence-corrected chi connectivity index (χ2v) is 9.94. The van der Waals surface area contributed by atoms with E-state index in [-0.39, 0.29) is 43.0 Å². The largest absolute Gasteiger partial charge is 0.416 e. The molecular weight excluding hydrogens is 455 g/mol. The van der Waals surface area contributed by atoms with Crippen molar-refractivity contribution in [2.45, 2.75) is 23.9 Å².